The second-order valence-electron chi connectivity index (χ2n) is 5.92. The van der Waals surface area contributed by atoms with Crippen molar-refractivity contribution in [3.8, 4) is 5.75 Å². The van der Waals surface area contributed by atoms with Gasteiger partial charge in [0.05, 0.1) is 12.2 Å². The summed E-state index contributed by atoms with van der Waals surface area (Å²) in [4.78, 5) is 35.0. The molecule has 0 bridgehead atoms. The number of hydrogen-bond acceptors (Lipinski definition) is 4. The number of ether oxygens (including phenoxy) is 1. The van der Waals surface area contributed by atoms with Gasteiger partial charge in [-0.25, -0.2) is 4.79 Å². The molecule has 0 aliphatic rings. The maximum Gasteiger partial charge on any atom is 0.326 e. The number of aliphatic carboxylic acids is 1. The van der Waals surface area contributed by atoms with E-state index in [1.165, 1.54) is 0 Å². The van der Waals surface area contributed by atoms with Crippen molar-refractivity contribution in [2.45, 2.75) is 39.7 Å². The van der Waals surface area contributed by atoms with Crippen LogP contribution < -0.4 is 15.4 Å². The van der Waals surface area contributed by atoms with Crippen molar-refractivity contribution in [1.29, 1.82) is 0 Å². The Morgan fingerprint density at radius 3 is 2.48 bits per heavy atom. The van der Waals surface area contributed by atoms with E-state index in [0.717, 1.165) is 0 Å². The molecule has 0 saturated carbocycles. The van der Waals surface area contributed by atoms with Crippen LogP contribution in [0.2, 0.25) is 0 Å². The highest BCUT2D eigenvalue weighted by molar-refractivity contribution is 5.96. The second-order valence-corrected chi connectivity index (χ2v) is 5.92. The van der Waals surface area contributed by atoms with Crippen molar-refractivity contribution < 1.29 is 24.2 Å². The molecule has 0 spiro atoms. The topological polar surface area (TPSA) is 105 Å². The first kappa shape index (κ1) is 20.5. The lowest BCUT2D eigenvalue weighted by atomic mass is 10.0. The van der Waals surface area contributed by atoms with Crippen LogP contribution in [0, 0.1) is 5.92 Å². The van der Waals surface area contributed by atoms with Gasteiger partial charge >= 0.3 is 5.97 Å². The highest BCUT2D eigenvalue weighted by atomic mass is 16.5. The Bertz CT molecular complexity index is 601. The molecule has 3 N–H and O–H groups in total. The SMILES string of the molecule is CCOc1ccccc1C(=O)NCCCC(=O)NC(C(=O)O)C(C)C. The molecule has 0 heterocycles. The molecule has 2 amide bonds. The van der Waals surface area contributed by atoms with E-state index in [0.29, 0.717) is 30.9 Å². The monoisotopic (exact) mass is 350 g/mol. The third-order valence-corrected chi connectivity index (χ3v) is 3.55. The molecule has 25 heavy (non-hydrogen) atoms. The molecule has 0 aliphatic carbocycles. The van der Waals surface area contributed by atoms with Crippen molar-refractivity contribution in [2.24, 2.45) is 5.92 Å². The number of rotatable bonds is 10. The largest absolute Gasteiger partial charge is 0.493 e. The van der Waals surface area contributed by atoms with Crippen LogP contribution in [0.5, 0.6) is 5.75 Å². The Morgan fingerprint density at radius 2 is 1.88 bits per heavy atom. The van der Waals surface area contributed by atoms with Gasteiger partial charge in [0.1, 0.15) is 11.8 Å². The first-order valence-corrected chi connectivity index (χ1v) is 8.39. The van der Waals surface area contributed by atoms with E-state index in [1.54, 1.807) is 38.1 Å². The number of amides is 2. The molecule has 1 unspecified atom stereocenters. The zero-order valence-electron chi connectivity index (χ0n) is 14.9. The van der Waals surface area contributed by atoms with E-state index in [2.05, 4.69) is 10.6 Å². The van der Waals surface area contributed by atoms with E-state index in [-0.39, 0.29) is 24.2 Å². The van der Waals surface area contributed by atoms with Crippen molar-refractivity contribution >= 4 is 17.8 Å². The van der Waals surface area contributed by atoms with Gasteiger partial charge in [0.25, 0.3) is 5.91 Å². The fourth-order valence-electron chi connectivity index (χ4n) is 2.24. The molecular weight excluding hydrogens is 324 g/mol. The summed E-state index contributed by atoms with van der Waals surface area (Å²) in [5.41, 5.74) is 0.444. The lowest BCUT2D eigenvalue weighted by Crippen LogP contribution is -2.44. The smallest absolute Gasteiger partial charge is 0.326 e. The highest BCUT2D eigenvalue weighted by Gasteiger charge is 2.23. The summed E-state index contributed by atoms with van der Waals surface area (Å²) in [6.07, 6.45) is 0.558. The number of nitrogens with one attached hydrogen (secondary N) is 2. The van der Waals surface area contributed by atoms with Gasteiger partial charge in [-0.15, -0.1) is 0 Å². The summed E-state index contributed by atoms with van der Waals surface area (Å²) in [5.74, 6) is -1.35. The predicted octanol–water partition coefficient (Wildman–Crippen LogP) is 1.82. The molecule has 138 valence electrons. The van der Waals surface area contributed by atoms with Gasteiger partial charge in [-0.2, -0.15) is 0 Å². The van der Waals surface area contributed by atoms with E-state index >= 15 is 0 Å². The number of carbonyl (C=O) groups excluding carboxylic acids is 2. The summed E-state index contributed by atoms with van der Waals surface area (Å²) in [7, 11) is 0. The molecular formula is C18H26N2O5. The molecule has 1 rings (SSSR count). The lowest BCUT2D eigenvalue weighted by Gasteiger charge is -2.17. The minimum atomic E-state index is -1.05. The Labute approximate surface area is 147 Å². The maximum atomic E-state index is 12.2. The summed E-state index contributed by atoms with van der Waals surface area (Å²) >= 11 is 0. The molecule has 7 nitrogen and oxygen atoms in total. The van der Waals surface area contributed by atoms with Crippen LogP contribution in [0.1, 0.15) is 44.0 Å². The normalized spacial score (nSPS) is 11.7. The Morgan fingerprint density at radius 1 is 1.20 bits per heavy atom. The molecule has 7 heteroatoms. The first-order chi connectivity index (χ1) is 11.9. The van der Waals surface area contributed by atoms with E-state index in [1.807, 2.05) is 6.92 Å². The summed E-state index contributed by atoms with van der Waals surface area (Å²) in [5, 5.41) is 14.3. The van der Waals surface area contributed by atoms with Gasteiger partial charge < -0.3 is 20.5 Å². The molecule has 0 fully saturated rings. The third-order valence-electron chi connectivity index (χ3n) is 3.55. The fourth-order valence-corrected chi connectivity index (χ4v) is 2.24. The Balaban J connectivity index is 2.41. The van der Waals surface area contributed by atoms with Crippen LogP contribution in [0.3, 0.4) is 0 Å². The summed E-state index contributed by atoms with van der Waals surface area (Å²) in [6.45, 7) is 6.08. The molecule has 1 aromatic carbocycles. The number of carboxylic acid groups (broad SMARTS) is 1. The average molecular weight is 350 g/mol. The van der Waals surface area contributed by atoms with Crippen LogP contribution in [0.15, 0.2) is 24.3 Å². The van der Waals surface area contributed by atoms with E-state index in [4.69, 9.17) is 9.84 Å². The summed E-state index contributed by atoms with van der Waals surface area (Å²) in [6, 6.07) is 6.04. The van der Waals surface area contributed by atoms with Gasteiger partial charge in [0.15, 0.2) is 0 Å². The zero-order valence-corrected chi connectivity index (χ0v) is 14.9. The third kappa shape index (κ3) is 6.82. The molecule has 1 aromatic rings. The van der Waals surface area contributed by atoms with Gasteiger partial charge in [0, 0.05) is 13.0 Å². The van der Waals surface area contributed by atoms with Crippen LogP contribution in [0.25, 0.3) is 0 Å². The van der Waals surface area contributed by atoms with Gasteiger partial charge in [0.2, 0.25) is 5.91 Å². The summed E-state index contributed by atoms with van der Waals surface area (Å²) < 4.78 is 5.41. The minimum absolute atomic E-state index is 0.143. The number of benzene rings is 1. The van der Waals surface area contributed by atoms with Crippen molar-refractivity contribution in [3.05, 3.63) is 29.8 Å². The van der Waals surface area contributed by atoms with E-state index in [9.17, 15) is 14.4 Å². The first-order valence-electron chi connectivity index (χ1n) is 8.39. The predicted molar refractivity (Wildman–Crippen MR) is 93.6 cm³/mol. The van der Waals surface area contributed by atoms with Crippen LogP contribution in [-0.4, -0.2) is 42.1 Å². The molecule has 0 aliphatic heterocycles. The number of carboxylic acids is 1. The number of para-hydroxylation sites is 1. The minimum Gasteiger partial charge on any atom is -0.493 e. The van der Waals surface area contributed by atoms with Crippen LogP contribution in [0.4, 0.5) is 0 Å². The zero-order chi connectivity index (χ0) is 18.8. The number of carbonyl (C=O) groups is 3. The highest BCUT2D eigenvalue weighted by Crippen LogP contribution is 2.17. The van der Waals surface area contributed by atoms with Gasteiger partial charge in [-0.1, -0.05) is 26.0 Å². The molecule has 0 saturated heterocycles. The van der Waals surface area contributed by atoms with Crippen molar-refractivity contribution in [3.63, 3.8) is 0 Å². The Hall–Kier alpha value is -2.57. The fraction of sp³-hybridized carbons (Fsp3) is 0.500. The van der Waals surface area contributed by atoms with E-state index < -0.39 is 12.0 Å². The van der Waals surface area contributed by atoms with Crippen molar-refractivity contribution in [2.75, 3.05) is 13.2 Å². The lowest BCUT2D eigenvalue weighted by molar-refractivity contribution is -0.143. The van der Waals surface area contributed by atoms with Crippen LogP contribution in [-0.2, 0) is 9.59 Å². The standard InChI is InChI=1S/C18H26N2O5/c1-4-25-14-9-6-5-8-13(14)17(22)19-11-7-10-15(21)20-16(12(2)3)18(23)24/h5-6,8-9,12,16H,4,7,10-11H2,1-3H3,(H,19,22)(H,20,21)(H,23,24). The quantitative estimate of drug-likeness (QED) is 0.558. The second kappa shape index (κ2) is 10.3. The Kier molecular flexibility index (Phi) is 8.46. The maximum absolute atomic E-state index is 12.2. The molecule has 0 radical (unpaired) electrons. The molecule has 1 atom stereocenters. The molecule has 0 aromatic heterocycles. The number of hydrogen-bond donors (Lipinski definition) is 3. The van der Waals surface area contributed by atoms with Gasteiger partial charge in [-0.3, -0.25) is 9.59 Å². The van der Waals surface area contributed by atoms with Gasteiger partial charge in [-0.05, 0) is 31.4 Å². The average Bonchev–Trinajstić information content (AvgIpc) is 2.56. The van der Waals surface area contributed by atoms with Crippen molar-refractivity contribution in [1.82, 2.24) is 10.6 Å². The van der Waals surface area contributed by atoms with Crippen LogP contribution >= 0.6 is 0 Å².